The number of esters is 1. The summed E-state index contributed by atoms with van der Waals surface area (Å²) in [7, 11) is 0. The van der Waals surface area contributed by atoms with Crippen LogP contribution in [0.25, 0.3) is 0 Å². The first-order valence-electron chi connectivity index (χ1n) is 9.89. The molecular formula is C21H32O3. The molecule has 4 aliphatic carbocycles. The Balaban J connectivity index is 1.59. The predicted molar refractivity (Wildman–Crippen MR) is 93.3 cm³/mol. The molecule has 4 aliphatic rings. The van der Waals surface area contributed by atoms with Crippen molar-refractivity contribution in [2.75, 3.05) is 0 Å². The van der Waals surface area contributed by atoms with E-state index in [0.717, 1.165) is 43.9 Å². The zero-order valence-electron chi connectivity index (χ0n) is 15.4. The lowest BCUT2D eigenvalue weighted by molar-refractivity contribution is -0.148. The molecule has 0 amide bonds. The summed E-state index contributed by atoms with van der Waals surface area (Å²) in [5, 5.41) is 10.5. The van der Waals surface area contributed by atoms with Gasteiger partial charge in [-0.3, -0.25) is 4.79 Å². The molecule has 3 nitrogen and oxygen atoms in total. The quantitative estimate of drug-likeness (QED) is 0.577. The molecule has 0 saturated heterocycles. The number of carbonyl (C=O) groups excluding carboxylic acids is 1. The van der Waals surface area contributed by atoms with Gasteiger partial charge in [-0.1, -0.05) is 25.5 Å². The molecule has 0 aromatic carbocycles. The maximum absolute atomic E-state index is 11.3. The van der Waals surface area contributed by atoms with E-state index in [1.807, 2.05) is 0 Å². The molecule has 3 fully saturated rings. The van der Waals surface area contributed by atoms with E-state index in [4.69, 9.17) is 4.74 Å². The van der Waals surface area contributed by atoms with E-state index in [0.29, 0.717) is 5.92 Å². The minimum atomic E-state index is -0.147. The van der Waals surface area contributed by atoms with Gasteiger partial charge in [0.15, 0.2) is 0 Å². The Kier molecular flexibility index (Phi) is 3.87. The van der Waals surface area contributed by atoms with Crippen molar-refractivity contribution in [1.29, 1.82) is 0 Å². The summed E-state index contributed by atoms with van der Waals surface area (Å²) in [6, 6.07) is 0. The van der Waals surface area contributed by atoms with Crippen LogP contribution in [-0.2, 0) is 9.53 Å². The second-order valence-corrected chi connectivity index (χ2v) is 9.37. The van der Waals surface area contributed by atoms with Crippen molar-refractivity contribution in [3.8, 4) is 0 Å². The summed E-state index contributed by atoms with van der Waals surface area (Å²) in [6.45, 7) is 6.32. The van der Waals surface area contributed by atoms with Crippen molar-refractivity contribution < 1.29 is 14.6 Å². The number of aliphatic hydroxyl groups is 1. The number of allylic oxidation sites excluding steroid dienone is 1. The fourth-order valence-electron chi connectivity index (χ4n) is 6.94. The third kappa shape index (κ3) is 2.30. The van der Waals surface area contributed by atoms with Gasteiger partial charge in [-0.15, -0.1) is 0 Å². The standard InChI is InChI=1S/C21H32O3/c1-13(22)24-15-8-10-20(2)14(12-15)4-5-16-17-6-7-19(23)21(17,3)11-9-18(16)20/h4,15-19,23H,5-12H2,1-3H3/t15-,16+,17+,18+,19-,20+,21+/m1/s1. The van der Waals surface area contributed by atoms with Gasteiger partial charge in [-0.25, -0.2) is 0 Å². The van der Waals surface area contributed by atoms with Gasteiger partial charge < -0.3 is 9.84 Å². The van der Waals surface area contributed by atoms with Crippen molar-refractivity contribution in [2.24, 2.45) is 28.6 Å². The monoisotopic (exact) mass is 332 g/mol. The molecule has 0 heterocycles. The number of hydrogen-bond donors (Lipinski definition) is 1. The molecule has 0 spiro atoms. The normalized spacial score (nSPS) is 50.3. The SMILES string of the molecule is CC(=O)O[C@@H]1CC[C@@]2(C)C(=CC[C@H]3[C@@H]4CC[C@@H](O)[C@@]4(C)CC[C@@H]32)C1. The number of ether oxygens (including phenoxy) is 1. The van der Waals surface area contributed by atoms with Crippen molar-refractivity contribution in [1.82, 2.24) is 0 Å². The molecule has 0 aliphatic heterocycles. The highest BCUT2D eigenvalue weighted by Crippen LogP contribution is 2.64. The van der Waals surface area contributed by atoms with E-state index in [2.05, 4.69) is 19.9 Å². The maximum Gasteiger partial charge on any atom is 0.302 e. The molecule has 3 saturated carbocycles. The minimum Gasteiger partial charge on any atom is -0.462 e. The van der Waals surface area contributed by atoms with Crippen LogP contribution in [0.1, 0.15) is 72.1 Å². The van der Waals surface area contributed by atoms with Gasteiger partial charge in [0.1, 0.15) is 6.10 Å². The topological polar surface area (TPSA) is 46.5 Å². The molecule has 4 rings (SSSR count). The maximum atomic E-state index is 11.3. The van der Waals surface area contributed by atoms with E-state index < -0.39 is 0 Å². The van der Waals surface area contributed by atoms with Gasteiger partial charge in [0.05, 0.1) is 6.10 Å². The summed E-state index contributed by atoms with van der Waals surface area (Å²) in [4.78, 5) is 11.3. The number of aliphatic hydroxyl groups excluding tert-OH is 1. The van der Waals surface area contributed by atoms with Crippen LogP contribution in [0, 0.1) is 28.6 Å². The van der Waals surface area contributed by atoms with Crippen LogP contribution in [0.3, 0.4) is 0 Å². The first-order valence-corrected chi connectivity index (χ1v) is 9.89. The Morgan fingerprint density at radius 1 is 1.17 bits per heavy atom. The van der Waals surface area contributed by atoms with Gasteiger partial charge in [-0.2, -0.15) is 0 Å². The Labute approximate surface area is 145 Å². The highest BCUT2D eigenvalue weighted by atomic mass is 16.5. The van der Waals surface area contributed by atoms with Gasteiger partial charge in [-0.05, 0) is 73.5 Å². The Hall–Kier alpha value is -0.830. The Morgan fingerprint density at radius 3 is 2.71 bits per heavy atom. The van der Waals surface area contributed by atoms with Crippen molar-refractivity contribution >= 4 is 5.97 Å². The highest BCUT2D eigenvalue weighted by molar-refractivity contribution is 5.66. The second kappa shape index (κ2) is 5.59. The predicted octanol–water partition coefficient (Wildman–Crippen LogP) is 4.24. The van der Waals surface area contributed by atoms with E-state index in [1.165, 1.54) is 26.2 Å². The highest BCUT2D eigenvalue weighted by Gasteiger charge is 2.58. The molecule has 0 unspecified atom stereocenters. The number of rotatable bonds is 1. The summed E-state index contributed by atoms with van der Waals surface area (Å²) in [6.07, 6.45) is 11.3. The molecule has 7 atom stereocenters. The first-order chi connectivity index (χ1) is 11.3. The van der Waals surface area contributed by atoms with E-state index in [1.54, 1.807) is 5.57 Å². The molecule has 0 aromatic rings. The van der Waals surface area contributed by atoms with E-state index in [-0.39, 0.29) is 29.0 Å². The van der Waals surface area contributed by atoms with Crippen LogP contribution in [0.5, 0.6) is 0 Å². The van der Waals surface area contributed by atoms with Crippen LogP contribution >= 0.6 is 0 Å². The lowest BCUT2D eigenvalue weighted by atomic mass is 9.48. The summed E-state index contributed by atoms with van der Waals surface area (Å²) >= 11 is 0. The first kappa shape index (κ1) is 16.6. The van der Waals surface area contributed by atoms with Crippen LogP contribution in [0.4, 0.5) is 0 Å². The zero-order chi connectivity index (χ0) is 17.1. The zero-order valence-corrected chi connectivity index (χ0v) is 15.4. The van der Waals surface area contributed by atoms with Crippen LogP contribution in [-0.4, -0.2) is 23.3 Å². The molecule has 0 bridgehead atoms. The molecule has 0 radical (unpaired) electrons. The summed E-state index contributed by atoms with van der Waals surface area (Å²) in [5.41, 5.74) is 1.98. The van der Waals surface area contributed by atoms with Gasteiger partial charge in [0.25, 0.3) is 0 Å². The Morgan fingerprint density at radius 2 is 1.96 bits per heavy atom. The average Bonchev–Trinajstić information content (AvgIpc) is 2.83. The second-order valence-electron chi connectivity index (χ2n) is 9.37. The molecule has 3 heteroatoms. The smallest absolute Gasteiger partial charge is 0.302 e. The third-order valence-corrected chi connectivity index (χ3v) is 8.34. The number of fused-ring (bicyclic) bond motifs is 5. The summed E-state index contributed by atoms with van der Waals surface area (Å²) < 4.78 is 5.51. The van der Waals surface area contributed by atoms with Crippen LogP contribution < -0.4 is 0 Å². The molecule has 134 valence electrons. The number of carbonyl (C=O) groups is 1. The molecule has 1 N–H and O–H groups in total. The number of hydrogen-bond acceptors (Lipinski definition) is 3. The summed E-state index contributed by atoms with van der Waals surface area (Å²) in [5.74, 6) is 2.03. The Bertz CT molecular complexity index is 567. The average molecular weight is 332 g/mol. The lowest BCUT2D eigenvalue weighted by Crippen LogP contribution is -2.51. The minimum absolute atomic E-state index is 0.0838. The fraction of sp³-hybridized carbons (Fsp3) is 0.857. The lowest BCUT2D eigenvalue weighted by Gasteiger charge is -2.57. The fourth-order valence-corrected chi connectivity index (χ4v) is 6.94. The van der Waals surface area contributed by atoms with Gasteiger partial charge >= 0.3 is 5.97 Å². The molecular weight excluding hydrogens is 300 g/mol. The van der Waals surface area contributed by atoms with Crippen molar-refractivity contribution in [2.45, 2.75) is 84.3 Å². The van der Waals surface area contributed by atoms with Crippen LogP contribution in [0.2, 0.25) is 0 Å². The van der Waals surface area contributed by atoms with Crippen molar-refractivity contribution in [3.63, 3.8) is 0 Å². The van der Waals surface area contributed by atoms with E-state index in [9.17, 15) is 9.90 Å². The van der Waals surface area contributed by atoms with Crippen molar-refractivity contribution in [3.05, 3.63) is 11.6 Å². The largest absolute Gasteiger partial charge is 0.462 e. The third-order valence-electron chi connectivity index (χ3n) is 8.34. The van der Waals surface area contributed by atoms with Gasteiger partial charge in [0.2, 0.25) is 0 Å². The molecule has 24 heavy (non-hydrogen) atoms. The van der Waals surface area contributed by atoms with Crippen LogP contribution in [0.15, 0.2) is 11.6 Å². The van der Waals surface area contributed by atoms with E-state index >= 15 is 0 Å². The molecule has 0 aromatic heterocycles. The van der Waals surface area contributed by atoms with Gasteiger partial charge in [0, 0.05) is 13.3 Å².